The fourth-order valence-corrected chi connectivity index (χ4v) is 1.74. The highest BCUT2D eigenvalue weighted by molar-refractivity contribution is 5.31. The highest BCUT2D eigenvalue weighted by Gasteiger charge is 2.28. The number of hydrogen-bond donors (Lipinski definition) is 1. The second-order valence-electron chi connectivity index (χ2n) is 4.31. The molecule has 1 unspecified atom stereocenters. The molecule has 0 saturated carbocycles. The molecule has 1 atom stereocenters. The first-order chi connectivity index (χ1) is 8.96. The van der Waals surface area contributed by atoms with E-state index in [1.807, 2.05) is 30.3 Å². The number of alkyl halides is 3. The smallest absolute Gasteiger partial charge is 0.324 e. The van der Waals surface area contributed by atoms with Crippen molar-refractivity contribution in [2.24, 2.45) is 5.73 Å². The van der Waals surface area contributed by atoms with Gasteiger partial charge in [0.2, 0.25) is 0 Å². The van der Waals surface area contributed by atoms with Crippen LogP contribution in [-0.2, 0) is 0 Å². The van der Waals surface area contributed by atoms with Gasteiger partial charge in [-0.1, -0.05) is 18.2 Å². The van der Waals surface area contributed by atoms with Crippen LogP contribution in [0.4, 0.5) is 13.2 Å². The largest absolute Gasteiger partial charge is 0.389 e. The van der Waals surface area contributed by atoms with Gasteiger partial charge in [-0.15, -0.1) is 0 Å². The lowest BCUT2D eigenvalue weighted by atomic mass is 10.1. The molecule has 0 bridgehead atoms. The van der Waals surface area contributed by atoms with Gasteiger partial charge < -0.3 is 5.73 Å². The van der Waals surface area contributed by atoms with Crippen LogP contribution in [0.5, 0.6) is 0 Å². The summed E-state index contributed by atoms with van der Waals surface area (Å²) >= 11 is 0. The van der Waals surface area contributed by atoms with Crippen LogP contribution in [0.25, 0.3) is 5.69 Å². The molecular formula is C13H14F3N3. The molecule has 0 aliphatic rings. The van der Waals surface area contributed by atoms with Crippen LogP contribution in [0.15, 0.2) is 42.7 Å². The zero-order valence-electron chi connectivity index (χ0n) is 10.1. The van der Waals surface area contributed by atoms with Crippen molar-refractivity contribution in [1.29, 1.82) is 0 Å². The highest BCUT2D eigenvalue weighted by atomic mass is 19.4. The molecule has 6 heteroatoms. The van der Waals surface area contributed by atoms with Crippen LogP contribution in [0.2, 0.25) is 0 Å². The molecule has 2 aromatic rings. The molecule has 2 N–H and O–H groups in total. The van der Waals surface area contributed by atoms with E-state index in [1.165, 1.54) is 6.20 Å². The molecule has 0 amide bonds. The molecular weight excluding hydrogens is 255 g/mol. The molecule has 0 radical (unpaired) electrons. The molecule has 1 aromatic heterocycles. The zero-order chi connectivity index (χ0) is 13.9. The van der Waals surface area contributed by atoms with E-state index in [4.69, 9.17) is 5.73 Å². The summed E-state index contributed by atoms with van der Waals surface area (Å²) in [4.78, 5) is 0. The summed E-state index contributed by atoms with van der Waals surface area (Å²) in [6.45, 7) is 0. The van der Waals surface area contributed by atoms with Gasteiger partial charge in [0.1, 0.15) is 0 Å². The first kappa shape index (κ1) is 13.6. The molecule has 1 heterocycles. The summed E-state index contributed by atoms with van der Waals surface area (Å²) in [5, 5.41) is 4.11. The van der Waals surface area contributed by atoms with Crippen LogP contribution in [0.3, 0.4) is 0 Å². The van der Waals surface area contributed by atoms with Gasteiger partial charge in [0.05, 0.1) is 11.9 Å². The minimum atomic E-state index is -4.17. The van der Waals surface area contributed by atoms with Crippen molar-refractivity contribution in [2.75, 3.05) is 0 Å². The minimum absolute atomic E-state index is 0.135. The third-order valence-electron chi connectivity index (χ3n) is 2.79. The predicted octanol–water partition coefficient (Wildman–Crippen LogP) is 3.21. The first-order valence-corrected chi connectivity index (χ1v) is 5.88. The van der Waals surface area contributed by atoms with Gasteiger partial charge in [-0.2, -0.15) is 18.3 Å². The predicted molar refractivity (Wildman–Crippen MR) is 65.8 cm³/mol. The fraction of sp³-hybridized carbons (Fsp3) is 0.308. The van der Waals surface area contributed by atoms with E-state index in [0.717, 1.165) is 5.69 Å². The van der Waals surface area contributed by atoms with E-state index in [-0.39, 0.29) is 6.42 Å². The molecule has 0 fully saturated rings. The lowest BCUT2D eigenvalue weighted by Gasteiger charge is -2.11. The standard InChI is InChI=1S/C13H14F3N3/c14-13(15,16)7-6-12(17)10-8-18-19(9-10)11-4-2-1-3-5-11/h1-5,8-9,12H,6-7,17H2. The first-order valence-electron chi connectivity index (χ1n) is 5.88. The number of hydrogen-bond acceptors (Lipinski definition) is 2. The number of halogens is 3. The van der Waals surface area contributed by atoms with Gasteiger partial charge in [0.15, 0.2) is 0 Å². The highest BCUT2D eigenvalue weighted by Crippen LogP contribution is 2.26. The van der Waals surface area contributed by atoms with E-state index in [1.54, 1.807) is 10.9 Å². The third kappa shape index (κ3) is 3.82. The van der Waals surface area contributed by atoms with Gasteiger partial charge in [-0.25, -0.2) is 4.68 Å². The summed E-state index contributed by atoms with van der Waals surface area (Å²) in [6.07, 6.45) is -2.02. The number of aromatic nitrogens is 2. The molecule has 3 nitrogen and oxygen atoms in total. The Hall–Kier alpha value is -1.82. The molecule has 0 aliphatic heterocycles. The van der Waals surface area contributed by atoms with Gasteiger partial charge in [-0.3, -0.25) is 0 Å². The third-order valence-corrected chi connectivity index (χ3v) is 2.79. The average molecular weight is 269 g/mol. The zero-order valence-corrected chi connectivity index (χ0v) is 10.1. The second-order valence-corrected chi connectivity index (χ2v) is 4.31. The van der Waals surface area contributed by atoms with Gasteiger partial charge >= 0.3 is 6.18 Å². The number of benzene rings is 1. The normalized spacial score (nSPS) is 13.5. The second kappa shape index (κ2) is 5.44. The van der Waals surface area contributed by atoms with Crippen molar-refractivity contribution in [1.82, 2.24) is 9.78 Å². The molecule has 0 spiro atoms. The summed E-state index contributed by atoms with van der Waals surface area (Å²) in [5.74, 6) is 0. The fourth-order valence-electron chi connectivity index (χ4n) is 1.74. The van der Waals surface area contributed by atoms with Crippen LogP contribution in [0.1, 0.15) is 24.4 Å². The Morgan fingerprint density at radius 3 is 2.53 bits per heavy atom. The maximum Gasteiger partial charge on any atom is 0.389 e. The summed E-state index contributed by atoms with van der Waals surface area (Å²) < 4.78 is 38.0. The van der Waals surface area contributed by atoms with Crippen molar-refractivity contribution in [3.05, 3.63) is 48.3 Å². The number of nitrogens with zero attached hydrogens (tertiary/aromatic N) is 2. The van der Waals surface area contributed by atoms with Crippen molar-refractivity contribution < 1.29 is 13.2 Å². The molecule has 19 heavy (non-hydrogen) atoms. The van der Waals surface area contributed by atoms with Gasteiger partial charge in [0, 0.05) is 24.2 Å². The van der Waals surface area contributed by atoms with Gasteiger partial charge in [-0.05, 0) is 18.6 Å². The van der Waals surface area contributed by atoms with E-state index in [2.05, 4.69) is 5.10 Å². The molecule has 0 saturated heterocycles. The Kier molecular flexibility index (Phi) is 3.90. The van der Waals surface area contributed by atoms with Crippen molar-refractivity contribution >= 4 is 0 Å². The van der Waals surface area contributed by atoms with E-state index < -0.39 is 18.6 Å². The summed E-state index contributed by atoms with van der Waals surface area (Å²) in [7, 11) is 0. The minimum Gasteiger partial charge on any atom is -0.324 e. The summed E-state index contributed by atoms with van der Waals surface area (Å²) in [6, 6.07) is 8.67. The van der Waals surface area contributed by atoms with E-state index >= 15 is 0 Å². The average Bonchev–Trinajstić information content (AvgIpc) is 2.86. The maximum atomic E-state index is 12.1. The summed E-state index contributed by atoms with van der Waals surface area (Å²) in [5.41, 5.74) is 7.19. The molecule has 1 aromatic carbocycles. The number of para-hydroxylation sites is 1. The Morgan fingerprint density at radius 2 is 1.89 bits per heavy atom. The Balaban J connectivity index is 2.05. The van der Waals surface area contributed by atoms with Crippen molar-refractivity contribution in [3.8, 4) is 5.69 Å². The van der Waals surface area contributed by atoms with Crippen molar-refractivity contribution in [2.45, 2.75) is 25.1 Å². The molecule has 102 valence electrons. The van der Waals surface area contributed by atoms with E-state index in [9.17, 15) is 13.2 Å². The van der Waals surface area contributed by atoms with Crippen molar-refractivity contribution in [3.63, 3.8) is 0 Å². The number of rotatable bonds is 4. The monoisotopic (exact) mass is 269 g/mol. The maximum absolute atomic E-state index is 12.1. The molecule has 2 rings (SSSR count). The Labute approximate surface area is 108 Å². The number of nitrogens with two attached hydrogens (primary N) is 1. The van der Waals surface area contributed by atoms with Crippen LogP contribution < -0.4 is 5.73 Å². The lowest BCUT2D eigenvalue weighted by Crippen LogP contribution is -2.15. The van der Waals surface area contributed by atoms with Gasteiger partial charge in [0.25, 0.3) is 0 Å². The topological polar surface area (TPSA) is 43.8 Å². The molecule has 0 aliphatic carbocycles. The lowest BCUT2D eigenvalue weighted by molar-refractivity contribution is -0.136. The SMILES string of the molecule is NC(CCC(F)(F)F)c1cnn(-c2ccccc2)c1. The van der Waals surface area contributed by atoms with Crippen LogP contribution >= 0.6 is 0 Å². The van der Waals surface area contributed by atoms with E-state index in [0.29, 0.717) is 5.56 Å². The quantitative estimate of drug-likeness (QED) is 0.926. The van der Waals surface area contributed by atoms with Crippen LogP contribution in [-0.4, -0.2) is 16.0 Å². The Bertz CT molecular complexity index is 519. The Morgan fingerprint density at radius 1 is 1.21 bits per heavy atom. The van der Waals surface area contributed by atoms with Crippen LogP contribution in [0, 0.1) is 0 Å².